The largest absolute Gasteiger partial charge is 0.497 e. The standard InChI is InChI=1S/C30H26N6O2/c1-19(37)34-27-13-11-22(38-2)16-24(27)26-12-10-21(17-33-26)36-29-9-4-3-8-28(29)35(30(36)31)18-20-6-5-7-25-23(20)14-15-32-25/h3-17,31-32H,18H2,1-2H3,(H,34,37). The number of nitrogens with one attached hydrogen (secondary N) is 3. The lowest BCUT2D eigenvalue weighted by atomic mass is 10.1. The number of anilines is 1. The lowest BCUT2D eigenvalue weighted by Crippen LogP contribution is -2.24. The summed E-state index contributed by atoms with van der Waals surface area (Å²) in [5.74, 6) is 0.508. The first-order valence-electron chi connectivity index (χ1n) is 12.3. The van der Waals surface area contributed by atoms with Crippen molar-refractivity contribution in [3.8, 4) is 22.7 Å². The van der Waals surface area contributed by atoms with Crippen LogP contribution in [-0.2, 0) is 11.3 Å². The van der Waals surface area contributed by atoms with Crippen LogP contribution in [0.15, 0.2) is 91.3 Å². The average molecular weight is 503 g/mol. The Morgan fingerprint density at radius 3 is 2.63 bits per heavy atom. The SMILES string of the molecule is COc1ccc(NC(C)=O)c(-c2ccc(-n3c(=N)n(Cc4cccc5[nH]ccc45)c4ccccc43)cn2)c1. The van der Waals surface area contributed by atoms with Crippen LogP contribution in [0.3, 0.4) is 0 Å². The molecule has 0 unspecified atom stereocenters. The highest BCUT2D eigenvalue weighted by Gasteiger charge is 2.15. The number of hydrogen-bond donors (Lipinski definition) is 3. The minimum absolute atomic E-state index is 0.161. The van der Waals surface area contributed by atoms with E-state index in [0.29, 0.717) is 29.3 Å². The molecule has 0 bridgehead atoms. The maximum absolute atomic E-state index is 11.8. The van der Waals surface area contributed by atoms with Crippen molar-refractivity contribution in [1.82, 2.24) is 19.1 Å². The first-order valence-corrected chi connectivity index (χ1v) is 12.3. The van der Waals surface area contributed by atoms with Gasteiger partial charge in [-0.05, 0) is 60.2 Å². The van der Waals surface area contributed by atoms with Crippen molar-refractivity contribution in [2.75, 3.05) is 12.4 Å². The molecule has 0 aliphatic heterocycles. The summed E-state index contributed by atoms with van der Waals surface area (Å²) >= 11 is 0. The third kappa shape index (κ3) is 4.02. The van der Waals surface area contributed by atoms with Crippen LogP contribution in [0.2, 0.25) is 0 Å². The summed E-state index contributed by atoms with van der Waals surface area (Å²) in [5.41, 5.74) is 7.34. The van der Waals surface area contributed by atoms with Gasteiger partial charge in [0.15, 0.2) is 0 Å². The maximum Gasteiger partial charge on any atom is 0.221 e. The van der Waals surface area contributed by atoms with Crippen LogP contribution in [0.25, 0.3) is 38.9 Å². The molecule has 3 aromatic carbocycles. The van der Waals surface area contributed by atoms with Gasteiger partial charge in [0.25, 0.3) is 0 Å². The first-order chi connectivity index (χ1) is 18.5. The van der Waals surface area contributed by atoms with E-state index in [1.54, 1.807) is 25.4 Å². The normalized spacial score (nSPS) is 11.2. The molecule has 3 aromatic heterocycles. The Balaban J connectivity index is 1.44. The van der Waals surface area contributed by atoms with Gasteiger partial charge in [0.2, 0.25) is 11.5 Å². The van der Waals surface area contributed by atoms with E-state index in [4.69, 9.17) is 15.1 Å². The van der Waals surface area contributed by atoms with Crippen molar-refractivity contribution >= 4 is 33.5 Å². The Bertz CT molecular complexity index is 1860. The zero-order valence-corrected chi connectivity index (χ0v) is 21.0. The van der Waals surface area contributed by atoms with E-state index in [0.717, 1.165) is 38.8 Å². The van der Waals surface area contributed by atoms with E-state index in [2.05, 4.69) is 28.5 Å². The van der Waals surface area contributed by atoms with Crippen LogP contribution in [0.5, 0.6) is 5.75 Å². The zero-order chi connectivity index (χ0) is 26.2. The number of hydrogen-bond acceptors (Lipinski definition) is 4. The molecule has 3 heterocycles. The Labute approximate surface area is 218 Å². The molecule has 38 heavy (non-hydrogen) atoms. The summed E-state index contributed by atoms with van der Waals surface area (Å²) in [4.78, 5) is 19.7. The molecule has 0 aliphatic rings. The first kappa shape index (κ1) is 23.3. The minimum atomic E-state index is -0.161. The zero-order valence-electron chi connectivity index (χ0n) is 21.0. The second-order valence-corrected chi connectivity index (χ2v) is 9.08. The summed E-state index contributed by atoms with van der Waals surface area (Å²) in [6.07, 6.45) is 3.70. The number of H-pyrrole nitrogens is 1. The third-order valence-corrected chi connectivity index (χ3v) is 6.71. The van der Waals surface area contributed by atoms with Crippen molar-refractivity contribution in [3.63, 3.8) is 0 Å². The Morgan fingerprint density at radius 1 is 1.03 bits per heavy atom. The number of amides is 1. The number of fused-ring (bicyclic) bond motifs is 2. The predicted octanol–water partition coefficient (Wildman–Crippen LogP) is 5.47. The lowest BCUT2D eigenvalue weighted by molar-refractivity contribution is -0.114. The summed E-state index contributed by atoms with van der Waals surface area (Å²) in [5, 5.41) is 13.2. The molecule has 0 aliphatic carbocycles. The number of rotatable bonds is 6. The van der Waals surface area contributed by atoms with Gasteiger partial charge in [0.05, 0.1) is 48.0 Å². The lowest BCUT2D eigenvalue weighted by Gasteiger charge is -2.12. The van der Waals surface area contributed by atoms with Crippen LogP contribution in [0.4, 0.5) is 5.69 Å². The second kappa shape index (κ2) is 9.40. The van der Waals surface area contributed by atoms with Gasteiger partial charge < -0.3 is 19.6 Å². The summed E-state index contributed by atoms with van der Waals surface area (Å²) in [6.45, 7) is 2.04. The number of carbonyl (C=O) groups is 1. The summed E-state index contributed by atoms with van der Waals surface area (Å²) in [7, 11) is 1.60. The van der Waals surface area contributed by atoms with Crippen molar-refractivity contribution < 1.29 is 9.53 Å². The molecule has 8 nitrogen and oxygen atoms in total. The molecule has 3 N–H and O–H groups in total. The number of para-hydroxylation sites is 2. The number of ether oxygens (including phenoxy) is 1. The fraction of sp³-hybridized carbons (Fsp3) is 0.100. The Hall–Kier alpha value is -5.11. The van der Waals surface area contributed by atoms with Crippen LogP contribution in [0.1, 0.15) is 12.5 Å². The number of carbonyl (C=O) groups excluding carboxylic acids is 1. The summed E-state index contributed by atoms with van der Waals surface area (Å²) < 4.78 is 9.31. The van der Waals surface area contributed by atoms with Crippen molar-refractivity contribution in [2.45, 2.75) is 13.5 Å². The van der Waals surface area contributed by atoms with E-state index in [-0.39, 0.29) is 5.91 Å². The molecule has 188 valence electrons. The molecule has 0 saturated carbocycles. The van der Waals surface area contributed by atoms with E-state index >= 15 is 0 Å². The average Bonchev–Trinajstić information content (AvgIpc) is 3.52. The molecule has 0 fully saturated rings. The molecule has 0 saturated heterocycles. The van der Waals surface area contributed by atoms with E-state index < -0.39 is 0 Å². The number of nitrogens with zero attached hydrogens (tertiary/aromatic N) is 3. The monoisotopic (exact) mass is 502 g/mol. The highest BCUT2D eigenvalue weighted by Crippen LogP contribution is 2.31. The fourth-order valence-corrected chi connectivity index (χ4v) is 4.95. The van der Waals surface area contributed by atoms with Crippen LogP contribution in [-0.4, -0.2) is 32.1 Å². The highest BCUT2D eigenvalue weighted by molar-refractivity contribution is 5.94. The predicted molar refractivity (Wildman–Crippen MR) is 149 cm³/mol. The quantitative estimate of drug-likeness (QED) is 0.282. The molecular formula is C30H26N6O2. The van der Waals surface area contributed by atoms with E-state index in [1.165, 1.54) is 6.92 Å². The van der Waals surface area contributed by atoms with Gasteiger partial charge in [-0.3, -0.25) is 19.8 Å². The third-order valence-electron chi connectivity index (χ3n) is 6.71. The number of aromatic amines is 1. The smallest absolute Gasteiger partial charge is 0.221 e. The van der Waals surface area contributed by atoms with Crippen molar-refractivity contribution in [1.29, 1.82) is 5.41 Å². The Morgan fingerprint density at radius 2 is 1.87 bits per heavy atom. The number of pyridine rings is 1. The van der Waals surface area contributed by atoms with Crippen LogP contribution < -0.4 is 15.7 Å². The number of methoxy groups -OCH3 is 1. The van der Waals surface area contributed by atoms with Gasteiger partial charge in [-0.15, -0.1) is 0 Å². The van der Waals surface area contributed by atoms with Crippen LogP contribution in [0, 0.1) is 5.41 Å². The van der Waals surface area contributed by atoms with Gasteiger partial charge in [-0.1, -0.05) is 24.3 Å². The van der Waals surface area contributed by atoms with Gasteiger partial charge in [0, 0.05) is 29.6 Å². The van der Waals surface area contributed by atoms with Gasteiger partial charge >= 0.3 is 0 Å². The molecule has 0 atom stereocenters. The Kier molecular flexibility index (Phi) is 5.76. The molecule has 6 aromatic rings. The number of benzene rings is 3. The second-order valence-electron chi connectivity index (χ2n) is 9.08. The minimum Gasteiger partial charge on any atom is -0.497 e. The van der Waals surface area contributed by atoms with E-state index in [9.17, 15) is 4.79 Å². The molecule has 0 radical (unpaired) electrons. The van der Waals surface area contributed by atoms with Gasteiger partial charge in [-0.2, -0.15) is 0 Å². The van der Waals surface area contributed by atoms with Crippen molar-refractivity contribution in [2.24, 2.45) is 0 Å². The molecule has 8 heteroatoms. The molecular weight excluding hydrogens is 476 g/mol. The van der Waals surface area contributed by atoms with Gasteiger partial charge in [-0.25, -0.2) is 0 Å². The van der Waals surface area contributed by atoms with Gasteiger partial charge in [0.1, 0.15) is 5.75 Å². The molecule has 1 amide bonds. The number of aromatic nitrogens is 4. The molecule has 6 rings (SSSR count). The number of imidazole rings is 1. The molecule has 0 spiro atoms. The fourth-order valence-electron chi connectivity index (χ4n) is 4.95. The van der Waals surface area contributed by atoms with E-state index in [1.807, 2.05) is 63.9 Å². The topological polar surface area (TPSA) is 101 Å². The van der Waals surface area contributed by atoms with Crippen molar-refractivity contribution in [3.05, 3.63) is 102 Å². The van der Waals surface area contributed by atoms with Crippen LogP contribution >= 0.6 is 0 Å². The maximum atomic E-state index is 11.8. The summed E-state index contributed by atoms with van der Waals surface area (Å²) in [6, 6.07) is 25.6. The highest BCUT2D eigenvalue weighted by atomic mass is 16.5.